The maximum Gasteiger partial charge on any atom is 0.261 e. The number of rotatable bonds is 7. The molecule has 0 spiro atoms. The Bertz CT molecular complexity index is 1390. The summed E-state index contributed by atoms with van der Waals surface area (Å²) in [5.41, 5.74) is 3.05. The Morgan fingerprint density at radius 2 is 1.42 bits per heavy atom. The van der Waals surface area contributed by atoms with E-state index in [0.29, 0.717) is 28.2 Å². The lowest BCUT2D eigenvalue weighted by atomic mass is 10.2. The highest BCUT2D eigenvalue weighted by Gasteiger charge is 2.15. The number of anilines is 5. The number of halogens is 1. The lowest BCUT2D eigenvalue weighted by molar-refractivity contribution is 0.601. The van der Waals surface area contributed by atoms with Crippen LogP contribution >= 0.6 is 11.6 Å². The largest absolute Gasteiger partial charge is 0.340 e. The molecule has 3 N–H and O–H groups in total. The molecule has 0 radical (unpaired) electrons. The average molecular weight is 481 g/mol. The van der Waals surface area contributed by atoms with Crippen LogP contribution in [0.25, 0.3) is 0 Å². The topological polar surface area (TPSA) is 109 Å². The summed E-state index contributed by atoms with van der Waals surface area (Å²) in [6, 6.07) is 17.0. The number of hydrogen-bond acceptors (Lipinski definition) is 7. The number of nitrogens with zero attached hydrogens (tertiary/aromatic N) is 3. The van der Waals surface area contributed by atoms with Crippen LogP contribution in [-0.4, -0.2) is 23.4 Å². The number of aryl methyl sites for hydroxylation is 2. The van der Waals surface area contributed by atoms with Gasteiger partial charge < -0.3 is 10.6 Å². The average Bonchev–Trinajstić information content (AvgIpc) is 2.77. The second-order valence-corrected chi connectivity index (χ2v) is 9.44. The van der Waals surface area contributed by atoms with Crippen molar-refractivity contribution < 1.29 is 8.42 Å². The van der Waals surface area contributed by atoms with Crippen LogP contribution in [0.4, 0.5) is 28.8 Å². The first-order valence-corrected chi connectivity index (χ1v) is 11.8. The van der Waals surface area contributed by atoms with Gasteiger partial charge in [-0.3, -0.25) is 4.72 Å². The van der Waals surface area contributed by atoms with Gasteiger partial charge in [-0.05, 0) is 73.5 Å². The van der Waals surface area contributed by atoms with E-state index in [0.717, 1.165) is 16.8 Å². The van der Waals surface area contributed by atoms with Gasteiger partial charge in [0.15, 0.2) is 0 Å². The summed E-state index contributed by atoms with van der Waals surface area (Å²) in [6.07, 6.45) is 3.16. The van der Waals surface area contributed by atoms with Gasteiger partial charge in [0, 0.05) is 28.7 Å². The second-order valence-electron chi connectivity index (χ2n) is 7.35. The van der Waals surface area contributed by atoms with Crippen LogP contribution in [0.2, 0.25) is 5.02 Å². The molecule has 2 aromatic heterocycles. The molecule has 0 fully saturated rings. The van der Waals surface area contributed by atoms with Gasteiger partial charge in [-0.2, -0.15) is 0 Å². The minimum atomic E-state index is -3.75. The number of nitrogens with one attached hydrogen (secondary N) is 3. The predicted molar refractivity (Wildman–Crippen MR) is 131 cm³/mol. The van der Waals surface area contributed by atoms with Crippen LogP contribution in [0.3, 0.4) is 0 Å². The van der Waals surface area contributed by atoms with Crippen LogP contribution in [-0.2, 0) is 10.0 Å². The minimum Gasteiger partial charge on any atom is -0.340 e. The molecular weight excluding hydrogens is 460 g/mol. The van der Waals surface area contributed by atoms with Gasteiger partial charge in [0.25, 0.3) is 10.0 Å². The molecule has 0 unspecified atom stereocenters. The van der Waals surface area contributed by atoms with E-state index in [-0.39, 0.29) is 4.90 Å². The van der Waals surface area contributed by atoms with E-state index < -0.39 is 10.0 Å². The molecule has 0 amide bonds. The molecule has 0 bridgehead atoms. The Balaban J connectivity index is 1.44. The number of aromatic nitrogens is 3. The minimum absolute atomic E-state index is 0.101. The molecule has 2 heterocycles. The number of benzene rings is 2. The lowest BCUT2D eigenvalue weighted by Crippen LogP contribution is -2.13. The molecule has 33 heavy (non-hydrogen) atoms. The third-order valence-electron chi connectivity index (χ3n) is 4.70. The smallest absolute Gasteiger partial charge is 0.261 e. The third-order valence-corrected chi connectivity index (χ3v) is 6.49. The zero-order valence-corrected chi connectivity index (χ0v) is 19.4. The second kappa shape index (κ2) is 9.43. The predicted octanol–water partition coefficient (Wildman–Crippen LogP) is 5.43. The first-order valence-electron chi connectivity index (χ1n) is 9.96. The molecule has 0 aliphatic carbocycles. The molecule has 168 valence electrons. The van der Waals surface area contributed by atoms with Gasteiger partial charge >= 0.3 is 0 Å². The van der Waals surface area contributed by atoms with Crippen molar-refractivity contribution >= 4 is 50.5 Å². The Morgan fingerprint density at radius 3 is 2.12 bits per heavy atom. The van der Waals surface area contributed by atoms with E-state index in [2.05, 4.69) is 30.3 Å². The van der Waals surface area contributed by atoms with Crippen LogP contribution in [0.5, 0.6) is 0 Å². The monoisotopic (exact) mass is 480 g/mol. The molecule has 4 rings (SSSR count). The lowest BCUT2D eigenvalue weighted by Gasteiger charge is -2.11. The third kappa shape index (κ3) is 5.76. The standard InChI is InChI=1S/C23H21ClN6O2S/c1-15-9-10-25-21(11-15)29-23-13-22(26-14-27-23)28-17-4-6-18(7-5-17)30-33(31,32)19-8-3-16(2)20(24)12-19/h3-14,30H,1-2H3,(H2,25,26,27,28,29). The molecule has 0 saturated carbocycles. The van der Waals surface area contributed by atoms with Crippen molar-refractivity contribution in [3.05, 3.63) is 89.3 Å². The van der Waals surface area contributed by atoms with Crippen molar-refractivity contribution in [1.29, 1.82) is 0 Å². The van der Waals surface area contributed by atoms with Crippen LogP contribution in [0.15, 0.2) is 78.1 Å². The Morgan fingerprint density at radius 1 is 0.758 bits per heavy atom. The summed E-state index contributed by atoms with van der Waals surface area (Å²) in [7, 11) is -3.75. The highest BCUT2D eigenvalue weighted by Crippen LogP contribution is 2.24. The molecule has 4 aromatic rings. The summed E-state index contributed by atoms with van der Waals surface area (Å²) in [5, 5.41) is 6.71. The van der Waals surface area contributed by atoms with Crippen LogP contribution < -0.4 is 15.4 Å². The Labute approximate surface area is 197 Å². The SMILES string of the molecule is Cc1ccnc(Nc2cc(Nc3ccc(NS(=O)(=O)c4ccc(C)c(Cl)c4)cc3)ncn2)c1. The van der Waals surface area contributed by atoms with Crippen LogP contribution in [0.1, 0.15) is 11.1 Å². The van der Waals surface area contributed by atoms with E-state index >= 15 is 0 Å². The Kier molecular flexibility index (Phi) is 6.43. The van der Waals surface area contributed by atoms with Crippen molar-refractivity contribution in [2.24, 2.45) is 0 Å². The molecule has 10 heteroatoms. The number of pyridine rings is 1. The highest BCUT2D eigenvalue weighted by molar-refractivity contribution is 7.92. The maximum atomic E-state index is 12.6. The van der Waals surface area contributed by atoms with Crippen molar-refractivity contribution in [2.45, 2.75) is 18.7 Å². The summed E-state index contributed by atoms with van der Waals surface area (Å²) in [6.45, 7) is 3.80. The zero-order valence-electron chi connectivity index (χ0n) is 17.9. The van der Waals surface area contributed by atoms with Crippen molar-refractivity contribution in [3.8, 4) is 0 Å². The fourth-order valence-electron chi connectivity index (χ4n) is 2.95. The van der Waals surface area contributed by atoms with Gasteiger partial charge in [-0.25, -0.2) is 23.4 Å². The fraction of sp³-hybridized carbons (Fsp3) is 0.0870. The summed E-state index contributed by atoms with van der Waals surface area (Å²) in [4.78, 5) is 12.8. The molecule has 8 nitrogen and oxygen atoms in total. The van der Waals surface area contributed by atoms with Crippen molar-refractivity contribution in [2.75, 3.05) is 15.4 Å². The van der Waals surface area contributed by atoms with Gasteiger partial charge in [-0.1, -0.05) is 17.7 Å². The number of hydrogen-bond donors (Lipinski definition) is 3. The van der Waals surface area contributed by atoms with Crippen molar-refractivity contribution in [3.63, 3.8) is 0 Å². The van der Waals surface area contributed by atoms with Gasteiger partial charge in [0.2, 0.25) is 0 Å². The summed E-state index contributed by atoms with van der Waals surface area (Å²) < 4.78 is 27.8. The zero-order chi connectivity index (χ0) is 23.4. The highest BCUT2D eigenvalue weighted by atomic mass is 35.5. The van der Waals surface area contributed by atoms with Crippen molar-refractivity contribution in [1.82, 2.24) is 15.0 Å². The normalized spacial score (nSPS) is 11.1. The molecule has 2 aromatic carbocycles. The van der Waals surface area contributed by atoms with E-state index in [1.54, 1.807) is 42.6 Å². The van der Waals surface area contributed by atoms with Crippen LogP contribution in [0, 0.1) is 13.8 Å². The van der Waals surface area contributed by atoms with E-state index in [4.69, 9.17) is 11.6 Å². The first kappa shape index (κ1) is 22.5. The first-order chi connectivity index (χ1) is 15.8. The maximum absolute atomic E-state index is 12.6. The summed E-state index contributed by atoms with van der Waals surface area (Å²) >= 11 is 6.07. The molecule has 0 aliphatic heterocycles. The summed E-state index contributed by atoms with van der Waals surface area (Å²) in [5.74, 6) is 1.85. The van der Waals surface area contributed by atoms with E-state index in [1.165, 1.54) is 18.5 Å². The van der Waals surface area contributed by atoms with E-state index in [9.17, 15) is 8.42 Å². The number of sulfonamides is 1. The van der Waals surface area contributed by atoms with Gasteiger partial charge in [0.1, 0.15) is 23.8 Å². The molecule has 0 atom stereocenters. The molecular formula is C23H21ClN6O2S. The quantitative estimate of drug-likeness (QED) is 0.323. The van der Waals surface area contributed by atoms with Gasteiger partial charge in [0.05, 0.1) is 4.90 Å². The molecule has 0 saturated heterocycles. The van der Waals surface area contributed by atoms with E-state index in [1.807, 2.05) is 26.0 Å². The Hall–Kier alpha value is -3.69. The fourth-order valence-corrected chi connectivity index (χ4v) is 4.28. The van der Waals surface area contributed by atoms with Gasteiger partial charge in [-0.15, -0.1) is 0 Å². The molecule has 0 aliphatic rings.